The summed E-state index contributed by atoms with van der Waals surface area (Å²) < 4.78 is 11.2. The fourth-order valence-electron chi connectivity index (χ4n) is 3.59. The first-order valence-corrected chi connectivity index (χ1v) is 8.20. The summed E-state index contributed by atoms with van der Waals surface area (Å²) in [5, 5.41) is 14.6. The molecule has 0 bridgehead atoms. The average Bonchev–Trinajstić information content (AvgIpc) is 3.02. The summed E-state index contributed by atoms with van der Waals surface area (Å²) in [5.74, 6) is 0.134. The molecule has 0 saturated heterocycles. The van der Waals surface area contributed by atoms with Crippen LogP contribution in [-0.2, 0) is 6.42 Å². The maximum absolute atomic E-state index is 12.4. The van der Waals surface area contributed by atoms with Gasteiger partial charge in [-0.2, -0.15) is 0 Å². The van der Waals surface area contributed by atoms with Gasteiger partial charge in [-0.25, -0.2) is 4.79 Å². The lowest BCUT2D eigenvalue weighted by molar-refractivity contribution is 0.466. The Morgan fingerprint density at radius 1 is 0.920 bits per heavy atom. The van der Waals surface area contributed by atoms with E-state index in [1.807, 2.05) is 49.4 Å². The highest BCUT2D eigenvalue weighted by Gasteiger charge is 2.19. The molecule has 1 N–H and O–H groups in total. The minimum Gasteiger partial charge on any atom is -0.508 e. The molecule has 2 aromatic heterocycles. The molecule has 122 valence electrons. The molecule has 0 spiro atoms. The van der Waals surface area contributed by atoms with Crippen LogP contribution in [0.3, 0.4) is 0 Å². The Hall–Kier alpha value is -3.27. The van der Waals surface area contributed by atoms with Gasteiger partial charge in [0.15, 0.2) is 0 Å². The van der Waals surface area contributed by atoms with Crippen molar-refractivity contribution in [2.24, 2.45) is 0 Å². The van der Waals surface area contributed by atoms with Crippen LogP contribution in [0.5, 0.6) is 5.75 Å². The van der Waals surface area contributed by atoms with E-state index in [1.165, 1.54) is 6.07 Å². The van der Waals surface area contributed by atoms with Gasteiger partial charge in [0.05, 0.1) is 0 Å². The highest BCUT2D eigenvalue weighted by Crippen LogP contribution is 2.38. The van der Waals surface area contributed by atoms with Crippen molar-refractivity contribution >= 4 is 43.7 Å². The molecular formula is C21H14O4. The third kappa shape index (κ3) is 1.85. The number of phenolic OH excluding ortho intramolecular Hbond substituents is 1. The summed E-state index contributed by atoms with van der Waals surface area (Å²) in [4.78, 5) is 12.4. The molecule has 0 amide bonds. The Kier molecular flexibility index (Phi) is 2.74. The molecule has 0 aliphatic heterocycles. The lowest BCUT2D eigenvalue weighted by atomic mass is 10.0. The first-order valence-electron chi connectivity index (χ1n) is 8.20. The molecule has 0 aliphatic carbocycles. The standard InChI is InChI=1S/C21H14O4/c1-2-11-9-14-17(10-15(11)22)25-21(23)20-19(14)18-13-6-4-3-5-12(13)7-8-16(18)24-20/h3-10,22H,2H2,1H3. The van der Waals surface area contributed by atoms with Crippen LogP contribution in [0.1, 0.15) is 12.5 Å². The number of furan rings is 1. The predicted molar refractivity (Wildman–Crippen MR) is 98.3 cm³/mol. The second-order valence-corrected chi connectivity index (χ2v) is 6.19. The van der Waals surface area contributed by atoms with Crippen molar-refractivity contribution in [3.05, 3.63) is 64.5 Å². The van der Waals surface area contributed by atoms with Crippen LogP contribution in [0.25, 0.3) is 43.7 Å². The number of fused-ring (bicyclic) bond motifs is 7. The van der Waals surface area contributed by atoms with E-state index in [1.54, 1.807) is 0 Å². The number of hydrogen-bond acceptors (Lipinski definition) is 4. The first-order chi connectivity index (χ1) is 12.2. The normalized spacial score (nSPS) is 11.9. The van der Waals surface area contributed by atoms with E-state index >= 15 is 0 Å². The third-order valence-corrected chi connectivity index (χ3v) is 4.80. The zero-order valence-corrected chi connectivity index (χ0v) is 13.5. The lowest BCUT2D eigenvalue weighted by Crippen LogP contribution is -1.98. The Labute approximate surface area is 141 Å². The highest BCUT2D eigenvalue weighted by atomic mass is 16.4. The number of aryl methyl sites for hydroxylation is 1. The van der Waals surface area contributed by atoms with Crippen molar-refractivity contribution in [1.29, 1.82) is 0 Å². The minimum absolute atomic E-state index is 0.134. The molecule has 0 saturated carbocycles. The average molecular weight is 330 g/mol. The second kappa shape index (κ2) is 4.86. The number of phenols is 1. The lowest BCUT2D eigenvalue weighted by Gasteiger charge is -2.05. The predicted octanol–water partition coefficient (Wildman–Crippen LogP) is 5.11. The Balaban J connectivity index is 2.14. The SMILES string of the molecule is CCc1cc2c(cc1O)oc(=O)c1oc3ccc4ccccc4c3c12. The molecule has 0 radical (unpaired) electrons. The number of benzene rings is 3. The van der Waals surface area contributed by atoms with Gasteiger partial charge in [-0.3, -0.25) is 0 Å². The molecule has 0 fully saturated rings. The molecule has 5 rings (SSSR count). The Bertz CT molecular complexity index is 1360. The Morgan fingerprint density at radius 2 is 1.76 bits per heavy atom. The van der Waals surface area contributed by atoms with Crippen LogP contribution >= 0.6 is 0 Å². The maximum atomic E-state index is 12.4. The van der Waals surface area contributed by atoms with Gasteiger partial charge < -0.3 is 13.9 Å². The van der Waals surface area contributed by atoms with E-state index in [0.717, 1.165) is 32.5 Å². The quantitative estimate of drug-likeness (QED) is 0.434. The molecule has 4 nitrogen and oxygen atoms in total. The molecule has 0 atom stereocenters. The topological polar surface area (TPSA) is 63.6 Å². The zero-order valence-electron chi connectivity index (χ0n) is 13.5. The van der Waals surface area contributed by atoms with Crippen LogP contribution < -0.4 is 5.63 Å². The smallest absolute Gasteiger partial charge is 0.380 e. The number of rotatable bonds is 1. The fraction of sp³-hybridized carbons (Fsp3) is 0.0952. The molecule has 4 heteroatoms. The fourth-order valence-corrected chi connectivity index (χ4v) is 3.59. The minimum atomic E-state index is -0.536. The van der Waals surface area contributed by atoms with Gasteiger partial charge in [0, 0.05) is 22.2 Å². The molecule has 0 unspecified atom stereocenters. The van der Waals surface area contributed by atoms with Gasteiger partial charge in [-0.05, 0) is 34.9 Å². The number of hydrogen-bond donors (Lipinski definition) is 1. The summed E-state index contributed by atoms with van der Waals surface area (Å²) in [7, 11) is 0. The van der Waals surface area contributed by atoms with Gasteiger partial charge in [0.25, 0.3) is 0 Å². The van der Waals surface area contributed by atoms with Crippen molar-refractivity contribution < 1.29 is 13.9 Å². The van der Waals surface area contributed by atoms with Crippen LogP contribution in [0.15, 0.2) is 62.2 Å². The van der Waals surface area contributed by atoms with E-state index in [9.17, 15) is 9.90 Å². The monoisotopic (exact) mass is 330 g/mol. The summed E-state index contributed by atoms with van der Waals surface area (Å²) in [6.45, 7) is 1.97. The molecule has 0 aliphatic rings. The zero-order chi connectivity index (χ0) is 17.1. The van der Waals surface area contributed by atoms with Gasteiger partial charge in [-0.15, -0.1) is 0 Å². The van der Waals surface area contributed by atoms with E-state index in [2.05, 4.69) is 0 Å². The third-order valence-electron chi connectivity index (χ3n) is 4.80. The molecule has 25 heavy (non-hydrogen) atoms. The first kappa shape index (κ1) is 14.1. The summed E-state index contributed by atoms with van der Waals surface area (Å²) in [6, 6.07) is 15.3. The van der Waals surface area contributed by atoms with E-state index in [-0.39, 0.29) is 11.3 Å². The van der Waals surface area contributed by atoms with Crippen LogP contribution in [0.2, 0.25) is 0 Å². The maximum Gasteiger partial charge on any atom is 0.380 e. The van der Waals surface area contributed by atoms with Crippen molar-refractivity contribution in [2.75, 3.05) is 0 Å². The second-order valence-electron chi connectivity index (χ2n) is 6.19. The van der Waals surface area contributed by atoms with Gasteiger partial charge >= 0.3 is 5.63 Å². The summed E-state index contributed by atoms with van der Waals surface area (Å²) in [5.41, 5.74) is 1.50. The Morgan fingerprint density at radius 3 is 2.60 bits per heavy atom. The summed E-state index contributed by atoms with van der Waals surface area (Å²) >= 11 is 0. The van der Waals surface area contributed by atoms with Crippen LogP contribution in [0.4, 0.5) is 0 Å². The number of aromatic hydroxyl groups is 1. The molecular weight excluding hydrogens is 316 g/mol. The van der Waals surface area contributed by atoms with E-state index in [4.69, 9.17) is 8.83 Å². The molecule has 3 aromatic carbocycles. The summed E-state index contributed by atoms with van der Waals surface area (Å²) in [6.07, 6.45) is 0.679. The van der Waals surface area contributed by atoms with Crippen LogP contribution in [-0.4, -0.2) is 5.11 Å². The van der Waals surface area contributed by atoms with Gasteiger partial charge in [0.2, 0.25) is 5.58 Å². The van der Waals surface area contributed by atoms with Crippen LogP contribution in [0, 0.1) is 0 Å². The van der Waals surface area contributed by atoms with Crippen molar-refractivity contribution in [3.63, 3.8) is 0 Å². The van der Waals surface area contributed by atoms with Gasteiger partial charge in [-0.1, -0.05) is 37.3 Å². The highest BCUT2D eigenvalue weighted by molar-refractivity contribution is 6.25. The van der Waals surface area contributed by atoms with E-state index in [0.29, 0.717) is 17.6 Å². The van der Waals surface area contributed by atoms with E-state index < -0.39 is 5.63 Å². The van der Waals surface area contributed by atoms with Crippen molar-refractivity contribution in [2.45, 2.75) is 13.3 Å². The van der Waals surface area contributed by atoms with Gasteiger partial charge in [0.1, 0.15) is 16.9 Å². The largest absolute Gasteiger partial charge is 0.508 e. The molecule has 5 aromatic rings. The van der Waals surface area contributed by atoms with Crippen molar-refractivity contribution in [1.82, 2.24) is 0 Å². The van der Waals surface area contributed by atoms with Crippen molar-refractivity contribution in [3.8, 4) is 5.75 Å². The molecule has 2 heterocycles.